The maximum absolute atomic E-state index is 12.7. The van der Waals surface area contributed by atoms with Crippen molar-refractivity contribution in [2.24, 2.45) is 5.73 Å². The molecular formula is C17H21N5O4. The average molecular weight is 359 g/mol. The fraction of sp³-hybridized carbons (Fsp3) is 0.412. The molecule has 2 saturated heterocycles. The van der Waals surface area contributed by atoms with Gasteiger partial charge in [-0.2, -0.15) is 0 Å². The number of urea groups is 1. The summed E-state index contributed by atoms with van der Waals surface area (Å²) in [5.41, 5.74) is 6.60. The van der Waals surface area contributed by atoms with Crippen molar-refractivity contribution < 1.29 is 19.2 Å². The number of imide groups is 1. The van der Waals surface area contributed by atoms with E-state index in [-0.39, 0.29) is 19.0 Å². The summed E-state index contributed by atoms with van der Waals surface area (Å²) in [4.78, 5) is 54.2. The molecule has 1 aromatic rings. The fourth-order valence-corrected chi connectivity index (χ4v) is 3.22. The van der Waals surface area contributed by atoms with Crippen LogP contribution < -0.4 is 10.6 Å². The van der Waals surface area contributed by atoms with Gasteiger partial charge in [0, 0.05) is 38.4 Å². The van der Waals surface area contributed by atoms with E-state index in [1.54, 1.807) is 17.0 Å². The lowest BCUT2D eigenvalue weighted by Gasteiger charge is -2.35. The van der Waals surface area contributed by atoms with E-state index in [1.165, 1.54) is 4.90 Å². The van der Waals surface area contributed by atoms with E-state index in [2.05, 4.69) is 0 Å². The monoisotopic (exact) mass is 359 g/mol. The number of nitrogens with zero attached hydrogens (tertiary/aromatic N) is 4. The average Bonchev–Trinajstić information content (AvgIpc) is 2.85. The summed E-state index contributed by atoms with van der Waals surface area (Å²) in [6.45, 7) is 0.235. The first-order valence-electron chi connectivity index (χ1n) is 8.26. The Morgan fingerprint density at radius 2 is 1.81 bits per heavy atom. The Morgan fingerprint density at radius 1 is 1.15 bits per heavy atom. The van der Waals surface area contributed by atoms with Gasteiger partial charge < -0.3 is 20.4 Å². The molecule has 0 aromatic heterocycles. The lowest BCUT2D eigenvalue weighted by Crippen LogP contribution is -2.54. The van der Waals surface area contributed by atoms with Crippen LogP contribution in [-0.4, -0.2) is 84.8 Å². The Labute approximate surface area is 150 Å². The zero-order valence-corrected chi connectivity index (χ0v) is 14.7. The summed E-state index contributed by atoms with van der Waals surface area (Å²) in [5, 5.41) is 0. The molecule has 9 heteroatoms. The highest BCUT2D eigenvalue weighted by Gasteiger charge is 2.48. The van der Waals surface area contributed by atoms with E-state index in [0.29, 0.717) is 12.1 Å². The van der Waals surface area contributed by atoms with E-state index in [0.717, 1.165) is 10.6 Å². The Morgan fingerprint density at radius 3 is 2.38 bits per heavy atom. The zero-order valence-electron chi connectivity index (χ0n) is 14.7. The molecule has 0 aliphatic carbocycles. The molecule has 0 spiro atoms. The molecule has 3 rings (SSSR count). The molecule has 0 saturated carbocycles. The molecule has 0 radical (unpaired) electrons. The number of piperazine rings is 1. The molecule has 1 atom stereocenters. The molecule has 2 aliphatic heterocycles. The smallest absolute Gasteiger partial charge is 0.328 e. The van der Waals surface area contributed by atoms with Crippen molar-refractivity contribution in [2.45, 2.75) is 6.04 Å². The first kappa shape index (κ1) is 17.7. The summed E-state index contributed by atoms with van der Waals surface area (Å²) in [7, 11) is 3.83. The predicted molar refractivity (Wildman–Crippen MR) is 93.5 cm³/mol. The number of benzene rings is 1. The number of amides is 5. The van der Waals surface area contributed by atoms with Gasteiger partial charge in [0.1, 0.15) is 12.6 Å². The van der Waals surface area contributed by atoms with Crippen molar-refractivity contribution in [3.05, 3.63) is 29.8 Å². The molecule has 0 unspecified atom stereocenters. The molecule has 9 nitrogen and oxygen atoms in total. The van der Waals surface area contributed by atoms with Crippen LogP contribution in [-0.2, 0) is 9.59 Å². The lowest BCUT2D eigenvalue weighted by molar-refractivity contribution is -0.132. The van der Waals surface area contributed by atoms with Crippen LogP contribution in [0.1, 0.15) is 10.4 Å². The van der Waals surface area contributed by atoms with Crippen LogP contribution in [0.4, 0.5) is 10.5 Å². The second-order valence-electron chi connectivity index (χ2n) is 6.57. The van der Waals surface area contributed by atoms with Crippen molar-refractivity contribution in [2.75, 3.05) is 45.2 Å². The van der Waals surface area contributed by atoms with Crippen LogP contribution in [0.25, 0.3) is 0 Å². The van der Waals surface area contributed by atoms with Crippen LogP contribution in [0.2, 0.25) is 0 Å². The molecule has 138 valence electrons. The quantitative estimate of drug-likeness (QED) is 0.717. The number of rotatable bonds is 4. The molecule has 0 bridgehead atoms. The van der Waals surface area contributed by atoms with Crippen molar-refractivity contribution in [3.63, 3.8) is 0 Å². The van der Waals surface area contributed by atoms with E-state index >= 15 is 0 Å². The van der Waals surface area contributed by atoms with Crippen molar-refractivity contribution in [3.8, 4) is 0 Å². The maximum Gasteiger partial charge on any atom is 0.328 e. The SMILES string of the molecule is CN(C)c1ccc(C(=O)N2CCN3C(=O)N(CC(N)=O)C(=O)[C@@H]3C2)cc1. The number of carbonyl (C=O) groups excluding carboxylic acids is 4. The molecule has 5 amide bonds. The number of carbonyl (C=O) groups is 4. The third-order valence-corrected chi connectivity index (χ3v) is 4.64. The van der Waals surface area contributed by atoms with Crippen LogP contribution in [0.5, 0.6) is 0 Å². The van der Waals surface area contributed by atoms with Crippen LogP contribution in [0, 0.1) is 0 Å². The molecule has 26 heavy (non-hydrogen) atoms. The molecule has 1 aromatic carbocycles. The number of anilines is 1. The summed E-state index contributed by atoms with van der Waals surface area (Å²) in [5.74, 6) is -1.43. The molecule has 2 N–H and O–H groups in total. The highest BCUT2D eigenvalue weighted by atomic mass is 16.2. The van der Waals surface area contributed by atoms with Crippen molar-refractivity contribution in [1.29, 1.82) is 0 Å². The van der Waals surface area contributed by atoms with Gasteiger partial charge in [0.15, 0.2) is 0 Å². The number of fused-ring (bicyclic) bond motifs is 1. The van der Waals surface area contributed by atoms with Gasteiger partial charge in [-0.05, 0) is 24.3 Å². The number of primary amides is 1. The Bertz CT molecular complexity index is 761. The number of nitrogens with two attached hydrogens (primary N) is 1. The third-order valence-electron chi connectivity index (χ3n) is 4.64. The van der Waals surface area contributed by atoms with Crippen molar-refractivity contribution in [1.82, 2.24) is 14.7 Å². The standard InChI is InChI=1S/C17H21N5O4/c1-19(2)12-5-3-11(4-6-12)15(24)20-7-8-21-13(9-20)16(25)22(17(21)26)10-14(18)23/h3-6,13H,7-10H2,1-2H3,(H2,18,23)/t13-/m0/s1. The van der Waals surface area contributed by atoms with Gasteiger partial charge in [0.25, 0.3) is 11.8 Å². The van der Waals surface area contributed by atoms with Gasteiger partial charge in [-0.15, -0.1) is 0 Å². The summed E-state index contributed by atoms with van der Waals surface area (Å²) in [6.07, 6.45) is 0. The van der Waals surface area contributed by atoms with Crippen molar-refractivity contribution >= 4 is 29.4 Å². The van der Waals surface area contributed by atoms with E-state index in [4.69, 9.17) is 5.73 Å². The Balaban J connectivity index is 1.73. The van der Waals surface area contributed by atoms with Crippen LogP contribution in [0.15, 0.2) is 24.3 Å². The van der Waals surface area contributed by atoms with Gasteiger partial charge in [0.05, 0.1) is 6.54 Å². The summed E-state index contributed by atoms with van der Waals surface area (Å²) < 4.78 is 0. The highest BCUT2D eigenvalue weighted by Crippen LogP contribution is 2.23. The number of hydrogen-bond donors (Lipinski definition) is 1. The second kappa shape index (κ2) is 6.66. The Hall–Kier alpha value is -3.10. The van der Waals surface area contributed by atoms with Gasteiger partial charge >= 0.3 is 6.03 Å². The first-order chi connectivity index (χ1) is 12.3. The molecule has 2 heterocycles. The minimum absolute atomic E-state index is 0.105. The van der Waals surface area contributed by atoms with E-state index < -0.39 is 30.4 Å². The van der Waals surface area contributed by atoms with Gasteiger partial charge in [-0.1, -0.05) is 0 Å². The van der Waals surface area contributed by atoms with Gasteiger partial charge in [0.2, 0.25) is 5.91 Å². The molecule has 2 aliphatic rings. The fourth-order valence-electron chi connectivity index (χ4n) is 3.22. The van der Waals surface area contributed by atoms with Gasteiger partial charge in [-0.3, -0.25) is 19.3 Å². The predicted octanol–water partition coefficient (Wildman–Crippen LogP) is -0.673. The largest absolute Gasteiger partial charge is 0.378 e. The summed E-state index contributed by atoms with van der Waals surface area (Å²) >= 11 is 0. The minimum Gasteiger partial charge on any atom is -0.378 e. The van der Waals surface area contributed by atoms with Crippen LogP contribution in [0.3, 0.4) is 0 Å². The molecule has 2 fully saturated rings. The van der Waals surface area contributed by atoms with E-state index in [1.807, 2.05) is 31.1 Å². The van der Waals surface area contributed by atoms with Crippen LogP contribution >= 0.6 is 0 Å². The molecular weight excluding hydrogens is 338 g/mol. The maximum atomic E-state index is 12.7. The summed E-state index contributed by atoms with van der Waals surface area (Å²) in [6, 6.07) is 5.89. The topological polar surface area (TPSA) is 107 Å². The van der Waals surface area contributed by atoms with E-state index in [9.17, 15) is 19.2 Å². The van der Waals surface area contributed by atoms with Gasteiger partial charge in [-0.25, -0.2) is 4.79 Å². The number of hydrogen-bond acceptors (Lipinski definition) is 5. The normalized spacial score (nSPS) is 19.6. The Kier molecular flexibility index (Phi) is 4.54. The lowest BCUT2D eigenvalue weighted by atomic mass is 10.1. The first-order valence-corrected chi connectivity index (χ1v) is 8.26. The minimum atomic E-state index is -0.763. The highest BCUT2D eigenvalue weighted by molar-refractivity contribution is 6.07. The third kappa shape index (κ3) is 3.07. The zero-order chi connectivity index (χ0) is 19.0. The second-order valence-corrected chi connectivity index (χ2v) is 6.57.